The fourth-order valence-electron chi connectivity index (χ4n) is 3.03. The van der Waals surface area contributed by atoms with Gasteiger partial charge in [0.1, 0.15) is 28.8 Å². The highest BCUT2D eigenvalue weighted by molar-refractivity contribution is 7.99. The standard InChI is InChI=1S/C25H24NO7PS/c1-2-31-23(27)18-26(24(28)35(30)19-20-12-6-3-7-13-20)25(34-29,32-21-14-8-4-9-15-21)33-22-16-10-5-11-17-22/h3-17H,2,18-19H2,1H3. The number of benzene rings is 3. The molecule has 182 valence electrons. The van der Waals surface area contributed by atoms with Crippen LogP contribution in [-0.4, -0.2) is 39.1 Å². The van der Waals surface area contributed by atoms with Crippen LogP contribution in [-0.2, 0) is 30.6 Å². The molecule has 0 aliphatic heterocycles. The van der Waals surface area contributed by atoms with E-state index in [1.807, 2.05) is 0 Å². The quantitative estimate of drug-likeness (QED) is 0.203. The molecule has 0 radical (unpaired) electrons. The third-order valence-corrected chi connectivity index (χ3v) is 6.45. The zero-order valence-corrected chi connectivity index (χ0v) is 20.7. The van der Waals surface area contributed by atoms with Gasteiger partial charge in [0.05, 0.1) is 12.4 Å². The zero-order chi connectivity index (χ0) is 25.1. The van der Waals surface area contributed by atoms with E-state index in [1.165, 1.54) is 0 Å². The zero-order valence-electron chi connectivity index (χ0n) is 18.9. The predicted molar refractivity (Wildman–Crippen MR) is 132 cm³/mol. The maximum absolute atomic E-state index is 13.5. The number of hydrogen-bond acceptors (Lipinski definition) is 7. The van der Waals surface area contributed by atoms with Gasteiger partial charge in [-0.2, -0.15) is 0 Å². The summed E-state index contributed by atoms with van der Waals surface area (Å²) in [6.45, 7) is 0.953. The molecule has 1 unspecified atom stereocenters. The highest BCUT2D eigenvalue weighted by Crippen LogP contribution is 2.35. The lowest BCUT2D eigenvalue weighted by Crippen LogP contribution is -2.58. The van der Waals surface area contributed by atoms with E-state index in [0.29, 0.717) is 5.56 Å². The van der Waals surface area contributed by atoms with Crippen molar-refractivity contribution < 1.29 is 32.6 Å². The smallest absolute Gasteiger partial charge is 0.426 e. The molecule has 0 aliphatic carbocycles. The summed E-state index contributed by atoms with van der Waals surface area (Å²) in [5.74, 6) is -0.509. The van der Waals surface area contributed by atoms with Crippen molar-refractivity contribution >= 4 is 30.5 Å². The molecule has 35 heavy (non-hydrogen) atoms. The summed E-state index contributed by atoms with van der Waals surface area (Å²) in [5.41, 5.74) is -1.70. The molecular weight excluding hydrogens is 489 g/mol. The van der Waals surface area contributed by atoms with E-state index in [4.69, 9.17) is 14.2 Å². The second-order valence-corrected chi connectivity index (χ2v) is 9.18. The number of esters is 1. The first-order valence-corrected chi connectivity index (χ1v) is 12.8. The molecule has 0 N–H and O–H groups in total. The molecule has 10 heteroatoms. The van der Waals surface area contributed by atoms with Gasteiger partial charge in [0.2, 0.25) is 0 Å². The SMILES string of the molecule is CCOC(=O)CN(C(=O)S(=O)Cc1ccccc1)C(Oc1ccccc1)(Oc1ccccc1)P=O. The van der Waals surface area contributed by atoms with Gasteiger partial charge in [-0.1, -0.05) is 66.7 Å². The van der Waals surface area contributed by atoms with Gasteiger partial charge in [-0.05, 0) is 36.8 Å². The number of carbonyl (C=O) groups excluding carboxylic acids is 2. The Bertz CT molecular complexity index is 1100. The van der Waals surface area contributed by atoms with Crippen LogP contribution in [0.25, 0.3) is 0 Å². The van der Waals surface area contributed by atoms with Gasteiger partial charge in [-0.3, -0.25) is 14.2 Å². The van der Waals surface area contributed by atoms with Crippen LogP contribution in [0.3, 0.4) is 0 Å². The van der Waals surface area contributed by atoms with Crippen molar-refractivity contribution in [2.24, 2.45) is 0 Å². The number of hydrogen-bond donors (Lipinski definition) is 0. The van der Waals surface area contributed by atoms with Gasteiger partial charge in [-0.25, -0.2) is 9.11 Å². The lowest BCUT2D eigenvalue weighted by atomic mass is 10.2. The lowest BCUT2D eigenvalue weighted by molar-refractivity contribution is -0.158. The fourth-order valence-corrected chi connectivity index (χ4v) is 4.69. The van der Waals surface area contributed by atoms with Crippen LogP contribution in [0.1, 0.15) is 12.5 Å². The minimum atomic E-state index is -2.35. The van der Waals surface area contributed by atoms with E-state index in [2.05, 4.69) is 0 Å². The van der Waals surface area contributed by atoms with Gasteiger partial charge >= 0.3 is 16.9 Å². The molecule has 0 saturated carbocycles. The van der Waals surface area contributed by atoms with E-state index in [-0.39, 0.29) is 23.9 Å². The van der Waals surface area contributed by atoms with Crippen molar-refractivity contribution in [1.82, 2.24) is 4.90 Å². The summed E-state index contributed by atoms with van der Waals surface area (Å²) < 4.78 is 42.7. The molecule has 3 aromatic rings. The van der Waals surface area contributed by atoms with E-state index in [1.54, 1.807) is 97.9 Å². The van der Waals surface area contributed by atoms with E-state index >= 15 is 0 Å². The summed E-state index contributed by atoms with van der Waals surface area (Å²) in [4.78, 5) is 26.7. The molecule has 0 aliphatic rings. The minimum Gasteiger partial charge on any atom is -0.465 e. The number of nitrogens with zero attached hydrogens (tertiary/aromatic N) is 1. The average Bonchev–Trinajstić information content (AvgIpc) is 2.88. The van der Waals surface area contributed by atoms with Crippen LogP contribution in [0.2, 0.25) is 0 Å². The van der Waals surface area contributed by atoms with Crippen molar-refractivity contribution in [3.05, 3.63) is 96.6 Å². The third kappa shape index (κ3) is 7.21. The highest BCUT2D eigenvalue weighted by atomic mass is 32.2. The number of carbonyl (C=O) groups is 2. The Labute approximate surface area is 207 Å². The molecule has 0 bridgehead atoms. The third-order valence-electron chi connectivity index (χ3n) is 4.59. The predicted octanol–water partition coefficient (Wildman–Crippen LogP) is 4.98. The van der Waals surface area contributed by atoms with Crippen LogP contribution < -0.4 is 9.47 Å². The van der Waals surface area contributed by atoms with E-state index in [0.717, 1.165) is 4.90 Å². The average molecular weight is 514 g/mol. The first kappa shape index (κ1) is 26.1. The Morgan fingerprint density at radius 3 is 1.80 bits per heavy atom. The molecule has 0 spiro atoms. The number of rotatable bonds is 11. The van der Waals surface area contributed by atoms with Crippen LogP contribution in [0.15, 0.2) is 91.0 Å². The monoisotopic (exact) mass is 513 g/mol. The van der Waals surface area contributed by atoms with Gasteiger partial charge in [0.15, 0.2) is 0 Å². The van der Waals surface area contributed by atoms with Crippen molar-refractivity contribution in [3.8, 4) is 11.5 Å². The van der Waals surface area contributed by atoms with Gasteiger partial charge in [0, 0.05) is 0 Å². The molecular formula is C25H24NO7PS. The largest absolute Gasteiger partial charge is 0.465 e. The Balaban J connectivity index is 2.04. The van der Waals surface area contributed by atoms with Crippen LogP contribution >= 0.6 is 8.46 Å². The van der Waals surface area contributed by atoms with Crippen molar-refractivity contribution in [3.63, 3.8) is 0 Å². The summed E-state index contributed by atoms with van der Waals surface area (Å²) in [6.07, 6.45) is 0. The first-order valence-electron chi connectivity index (χ1n) is 10.7. The molecule has 0 fully saturated rings. The first-order chi connectivity index (χ1) is 17.0. The second-order valence-electron chi connectivity index (χ2n) is 7.10. The molecule has 0 heterocycles. The minimum absolute atomic E-state index is 0.0507. The summed E-state index contributed by atoms with van der Waals surface area (Å²) in [7, 11) is -2.97. The Morgan fingerprint density at radius 2 is 1.34 bits per heavy atom. The fraction of sp³-hybridized carbons (Fsp3) is 0.200. The Morgan fingerprint density at radius 1 is 0.857 bits per heavy atom. The molecule has 3 aromatic carbocycles. The maximum atomic E-state index is 13.5. The molecule has 1 amide bonds. The normalized spacial score (nSPS) is 11.9. The maximum Gasteiger partial charge on any atom is 0.426 e. The molecule has 0 aromatic heterocycles. The summed E-state index contributed by atoms with van der Waals surface area (Å²) in [5, 5.41) is -1.00. The topological polar surface area (TPSA) is 99.2 Å². The van der Waals surface area contributed by atoms with Gasteiger partial charge in [-0.15, -0.1) is 0 Å². The number of para-hydroxylation sites is 2. The lowest BCUT2D eigenvalue weighted by Gasteiger charge is -2.36. The van der Waals surface area contributed by atoms with Crippen LogP contribution in [0.5, 0.6) is 11.5 Å². The highest BCUT2D eigenvalue weighted by Gasteiger charge is 2.50. The molecule has 8 nitrogen and oxygen atoms in total. The number of ether oxygens (including phenoxy) is 3. The summed E-state index contributed by atoms with van der Waals surface area (Å²) >= 11 is 0. The van der Waals surface area contributed by atoms with Crippen LogP contribution in [0, 0.1) is 0 Å². The molecule has 1 atom stereocenters. The van der Waals surface area contributed by atoms with E-state index < -0.39 is 42.7 Å². The van der Waals surface area contributed by atoms with Gasteiger partial charge in [0.25, 0.3) is 8.46 Å². The second kappa shape index (κ2) is 12.8. The van der Waals surface area contributed by atoms with Crippen LogP contribution in [0.4, 0.5) is 4.79 Å². The summed E-state index contributed by atoms with van der Waals surface area (Å²) in [6, 6.07) is 25.2. The van der Waals surface area contributed by atoms with Crippen molar-refractivity contribution in [1.29, 1.82) is 0 Å². The number of amides is 1. The van der Waals surface area contributed by atoms with Crippen molar-refractivity contribution in [2.75, 3.05) is 13.2 Å². The molecule has 0 saturated heterocycles. The van der Waals surface area contributed by atoms with E-state index in [9.17, 15) is 18.4 Å². The Kier molecular flexibility index (Phi) is 9.52. The van der Waals surface area contributed by atoms with Crippen molar-refractivity contribution in [2.45, 2.75) is 18.3 Å². The Hall–Kier alpha value is -3.55. The molecule has 3 rings (SSSR count). The van der Waals surface area contributed by atoms with Gasteiger partial charge < -0.3 is 14.2 Å².